The van der Waals surface area contributed by atoms with Gasteiger partial charge in [-0.1, -0.05) is 30.2 Å². The summed E-state index contributed by atoms with van der Waals surface area (Å²) in [5.41, 5.74) is 0.393. The van der Waals surface area contributed by atoms with E-state index in [1.807, 2.05) is 24.3 Å². The van der Waals surface area contributed by atoms with Crippen molar-refractivity contribution < 1.29 is 0 Å². The SMILES string of the molecule is N#CC1(Nc2ccccc2Cl)CCN2CCCCC21. The fraction of sp³-hybridized carbons (Fsp3) is 0.533. The highest BCUT2D eigenvalue weighted by molar-refractivity contribution is 6.33. The molecule has 3 nitrogen and oxygen atoms in total. The smallest absolute Gasteiger partial charge is 0.142 e. The Morgan fingerprint density at radius 1 is 1.32 bits per heavy atom. The maximum Gasteiger partial charge on any atom is 0.142 e. The molecule has 0 aromatic heterocycles. The molecule has 2 saturated heterocycles. The number of rotatable bonds is 2. The number of nitrogens with one attached hydrogen (secondary N) is 1. The summed E-state index contributed by atoms with van der Waals surface area (Å²) in [6.45, 7) is 2.13. The van der Waals surface area contributed by atoms with Crippen molar-refractivity contribution >= 4 is 17.3 Å². The van der Waals surface area contributed by atoms with Crippen molar-refractivity contribution in [2.24, 2.45) is 0 Å². The van der Waals surface area contributed by atoms with Gasteiger partial charge in [0.2, 0.25) is 0 Å². The van der Waals surface area contributed by atoms with Gasteiger partial charge in [0.1, 0.15) is 5.54 Å². The van der Waals surface area contributed by atoms with Crippen molar-refractivity contribution in [2.45, 2.75) is 37.3 Å². The second-order valence-corrected chi connectivity index (χ2v) is 5.89. The lowest BCUT2D eigenvalue weighted by Crippen LogP contribution is -2.51. The van der Waals surface area contributed by atoms with Gasteiger partial charge in [0, 0.05) is 12.6 Å². The zero-order chi connectivity index (χ0) is 13.3. The second-order valence-electron chi connectivity index (χ2n) is 5.49. The van der Waals surface area contributed by atoms with Gasteiger partial charge in [-0.15, -0.1) is 0 Å². The molecule has 2 heterocycles. The minimum atomic E-state index is -0.481. The Balaban J connectivity index is 1.88. The Morgan fingerprint density at radius 2 is 2.16 bits per heavy atom. The van der Waals surface area contributed by atoms with E-state index < -0.39 is 5.54 Å². The summed E-state index contributed by atoms with van der Waals surface area (Å²) < 4.78 is 0. The van der Waals surface area contributed by atoms with E-state index >= 15 is 0 Å². The van der Waals surface area contributed by atoms with Crippen molar-refractivity contribution in [3.8, 4) is 6.07 Å². The summed E-state index contributed by atoms with van der Waals surface area (Å²) in [5.74, 6) is 0. The molecule has 2 aliphatic heterocycles. The Bertz CT molecular complexity index is 510. The molecular formula is C15H18ClN3. The van der Waals surface area contributed by atoms with Crippen molar-refractivity contribution in [1.29, 1.82) is 5.26 Å². The number of hydrogen-bond donors (Lipinski definition) is 1. The van der Waals surface area contributed by atoms with Crippen LogP contribution in [0.4, 0.5) is 5.69 Å². The summed E-state index contributed by atoms with van der Waals surface area (Å²) in [5, 5.41) is 13.8. The van der Waals surface area contributed by atoms with Crippen LogP contribution in [-0.2, 0) is 0 Å². The van der Waals surface area contributed by atoms with Crippen molar-refractivity contribution in [3.63, 3.8) is 0 Å². The Hall–Kier alpha value is -1.24. The maximum atomic E-state index is 9.73. The predicted octanol–water partition coefficient (Wildman–Crippen LogP) is 3.27. The molecule has 2 fully saturated rings. The highest BCUT2D eigenvalue weighted by Gasteiger charge is 2.48. The summed E-state index contributed by atoms with van der Waals surface area (Å²) in [4.78, 5) is 2.45. The van der Waals surface area contributed by atoms with Crippen LogP contribution in [0.1, 0.15) is 25.7 Å². The molecule has 1 aromatic carbocycles. The molecule has 0 saturated carbocycles. The first-order chi connectivity index (χ1) is 9.25. The van der Waals surface area contributed by atoms with Gasteiger partial charge >= 0.3 is 0 Å². The van der Waals surface area contributed by atoms with Gasteiger partial charge in [-0.05, 0) is 37.9 Å². The van der Waals surface area contributed by atoms with Gasteiger partial charge in [0.25, 0.3) is 0 Å². The fourth-order valence-corrected chi connectivity index (χ4v) is 3.59. The zero-order valence-corrected chi connectivity index (χ0v) is 11.7. The van der Waals surface area contributed by atoms with E-state index in [0.717, 1.165) is 31.6 Å². The van der Waals surface area contributed by atoms with Crippen LogP contribution in [0, 0.1) is 11.3 Å². The third-order valence-corrected chi connectivity index (χ3v) is 4.74. The quantitative estimate of drug-likeness (QED) is 0.900. The summed E-state index contributed by atoms with van der Waals surface area (Å²) in [6, 6.07) is 10.5. The summed E-state index contributed by atoms with van der Waals surface area (Å²) >= 11 is 6.21. The minimum absolute atomic E-state index is 0.322. The van der Waals surface area contributed by atoms with Crippen LogP contribution in [-0.4, -0.2) is 29.6 Å². The number of halogens is 1. The molecule has 0 radical (unpaired) electrons. The lowest BCUT2D eigenvalue weighted by molar-refractivity contribution is 0.180. The van der Waals surface area contributed by atoms with Crippen LogP contribution in [0.25, 0.3) is 0 Å². The highest BCUT2D eigenvalue weighted by atomic mass is 35.5. The number of para-hydroxylation sites is 1. The molecule has 3 rings (SSSR count). The third-order valence-electron chi connectivity index (χ3n) is 4.41. The molecule has 0 bridgehead atoms. The number of nitrogens with zero attached hydrogens (tertiary/aromatic N) is 2. The highest BCUT2D eigenvalue weighted by Crippen LogP contribution is 2.38. The van der Waals surface area contributed by atoms with E-state index in [0.29, 0.717) is 11.1 Å². The molecule has 1 N–H and O–H groups in total. The van der Waals surface area contributed by atoms with Crippen LogP contribution in [0.15, 0.2) is 24.3 Å². The standard InChI is InChI=1S/C15H18ClN3/c16-12-5-1-2-6-13(12)18-15(11-17)8-10-19-9-4-3-7-14(15)19/h1-2,5-6,14,18H,3-4,7-10H2. The van der Waals surface area contributed by atoms with Gasteiger partial charge < -0.3 is 5.32 Å². The first kappa shape index (κ1) is 12.8. The molecule has 1 aromatic rings. The van der Waals surface area contributed by atoms with Crippen LogP contribution in [0.3, 0.4) is 0 Å². The summed E-state index contributed by atoms with van der Waals surface area (Å²) in [7, 11) is 0. The number of piperidine rings is 1. The number of hydrogen-bond acceptors (Lipinski definition) is 3. The van der Waals surface area contributed by atoms with Gasteiger partial charge in [-0.2, -0.15) is 5.26 Å². The zero-order valence-electron chi connectivity index (χ0n) is 10.9. The molecule has 4 heteroatoms. The molecule has 2 aliphatic rings. The first-order valence-corrected chi connectivity index (χ1v) is 7.31. The molecule has 100 valence electrons. The fourth-order valence-electron chi connectivity index (χ4n) is 3.41. The third kappa shape index (κ3) is 2.20. The van der Waals surface area contributed by atoms with E-state index in [1.165, 1.54) is 12.8 Å². The molecule has 2 atom stereocenters. The number of nitriles is 1. The molecule has 19 heavy (non-hydrogen) atoms. The Morgan fingerprint density at radius 3 is 2.95 bits per heavy atom. The van der Waals surface area contributed by atoms with Gasteiger partial charge in [-0.3, -0.25) is 4.90 Å². The van der Waals surface area contributed by atoms with Gasteiger partial charge in [-0.25, -0.2) is 0 Å². The Labute approximate surface area is 119 Å². The van der Waals surface area contributed by atoms with Crippen molar-refractivity contribution in [1.82, 2.24) is 4.90 Å². The summed E-state index contributed by atoms with van der Waals surface area (Å²) in [6.07, 6.45) is 4.45. The average molecular weight is 276 g/mol. The van der Waals surface area contributed by atoms with E-state index in [2.05, 4.69) is 16.3 Å². The Kier molecular flexibility index (Phi) is 3.38. The number of anilines is 1. The van der Waals surface area contributed by atoms with Crippen LogP contribution >= 0.6 is 11.6 Å². The predicted molar refractivity (Wildman–Crippen MR) is 77.2 cm³/mol. The van der Waals surface area contributed by atoms with E-state index in [-0.39, 0.29) is 0 Å². The number of benzene rings is 1. The molecule has 0 aliphatic carbocycles. The van der Waals surface area contributed by atoms with Gasteiger partial charge in [0.05, 0.1) is 16.8 Å². The normalized spacial score (nSPS) is 30.6. The van der Waals surface area contributed by atoms with Crippen LogP contribution < -0.4 is 5.32 Å². The maximum absolute atomic E-state index is 9.73. The van der Waals surface area contributed by atoms with Crippen molar-refractivity contribution in [2.75, 3.05) is 18.4 Å². The minimum Gasteiger partial charge on any atom is -0.365 e. The molecular weight excluding hydrogens is 258 g/mol. The second kappa shape index (κ2) is 5.03. The monoisotopic (exact) mass is 275 g/mol. The largest absolute Gasteiger partial charge is 0.365 e. The number of fused-ring (bicyclic) bond motifs is 1. The molecule has 0 amide bonds. The molecule has 0 spiro atoms. The molecule has 2 unspecified atom stereocenters. The average Bonchev–Trinajstić information content (AvgIpc) is 2.81. The van der Waals surface area contributed by atoms with E-state index in [4.69, 9.17) is 11.6 Å². The topological polar surface area (TPSA) is 39.1 Å². The first-order valence-electron chi connectivity index (χ1n) is 6.93. The van der Waals surface area contributed by atoms with E-state index in [1.54, 1.807) is 0 Å². The van der Waals surface area contributed by atoms with Crippen LogP contribution in [0.5, 0.6) is 0 Å². The van der Waals surface area contributed by atoms with Gasteiger partial charge in [0.15, 0.2) is 0 Å². The van der Waals surface area contributed by atoms with Crippen molar-refractivity contribution in [3.05, 3.63) is 29.3 Å². The van der Waals surface area contributed by atoms with Crippen LogP contribution in [0.2, 0.25) is 5.02 Å². The van der Waals surface area contributed by atoms with E-state index in [9.17, 15) is 5.26 Å². The lowest BCUT2D eigenvalue weighted by atomic mass is 9.86. The lowest BCUT2D eigenvalue weighted by Gasteiger charge is -2.37.